The van der Waals surface area contributed by atoms with Crippen LogP contribution in [0.4, 0.5) is 0 Å². The van der Waals surface area contributed by atoms with Gasteiger partial charge in [0.2, 0.25) is 0 Å². The lowest BCUT2D eigenvalue weighted by molar-refractivity contribution is 0.540. The zero-order valence-electron chi connectivity index (χ0n) is 20.5. The van der Waals surface area contributed by atoms with E-state index >= 15 is 0 Å². The number of benzene rings is 2. The van der Waals surface area contributed by atoms with Crippen molar-refractivity contribution in [3.05, 3.63) is 80.0 Å². The second-order valence-corrected chi connectivity index (χ2v) is 8.51. The molecule has 0 saturated carbocycles. The minimum absolute atomic E-state index is 0.205. The zero-order chi connectivity index (χ0) is 24.1. The molecule has 0 bridgehead atoms. The third-order valence-electron chi connectivity index (χ3n) is 6.04. The van der Waals surface area contributed by atoms with Crippen LogP contribution in [0.15, 0.2) is 52.1 Å². The van der Waals surface area contributed by atoms with Crippen molar-refractivity contribution in [2.24, 2.45) is 0 Å². The molecule has 0 aliphatic carbocycles. The van der Waals surface area contributed by atoms with E-state index in [1.165, 1.54) is 11.1 Å². The van der Waals surface area contributed by atoms with E-state index < -0.39 is 11.2 Å². The summed E-state index contributed by atoms with van der Waals surface area (Å²) in [4.78, 5) is 35.4. The standard InChI is InChI=1S/C25H28N4O2.C2H6/c1-5-17(18-8-6-16(4)7-9-18)12-13-29-21-11-10-19(15(2)3)14-20(21)26-22-23(29)27-25(31)28-24(22)30;1-2/h6-11,14-15,17H,5,12-13H2,1-4H3,(H,28,30,31);1-2H3. The number of aromatic nitrogens is 4. The zero-order valence-corrected chi connectivity index (χ0v) is 20.5. The van der Waals surface area contributed by atoms with Crippen molar-refractivity contribution < 1.29 is 0 Å². The Morgan fingerprint density at radius 3 is 2.27 bits per heavy atom. The van der Waals surface area contributed by atoms with Gasteiger partial charge in [0, 0.05) is 6.54 Å². The van der Waals surface area contributed by atoms with Gasteiger partial charge in [0.05, 0.1) is 11.0 Å². The highest BCUT2D eigenvalue weighted by Crippen LogP contribution is 2.28. The molecule has 2 aliphatic heterocycles. The third kappa shape index (κ3) is 5.21. The highest BCUT2D eigenvalue weighted by molar-refractivity contribution is 5.80. The molecule has 6 nitrogen and oxygen atoms in total. The van der Waals surface area contributed by atoms with Gasteiger partial charge < -0.3 is 4.57 Å². The fourth-order valence-electron chi connectivity index (χ4n) is 4.13. The Labute approximate surface area is 195 Å². The Hall–Kier alpha value is -3.28. The van der Waals surface area contributed by atoms with Crippen LogP contribution >= 0.6 is 0 Å². The van der Waals surface area contributed by atoms with Crippen molar-refractivity contribution >= 4 is 11.0 Å². The molecule has 174 valence electrons. The topological polar surface area (TPSA) is 80.6 Å². The van der Waals surface area contributed by atoms with Crippen LogP contribution in [0.3, 0.4) is 0 Å². The number of aromatic amines is 1. The summed E-state index contributed by atoms with van der Waals surface area (Å²) < 4.78 is 1.98. The second-order valence-electron chi connectivity index (χ2n) is 8.51. The minimum Gasteiger partial charge on any atom is -0.322 e. The van der Waals surface area contributed by atoms with E-state index in [1.807, 2.05) is 30.5 Å². The normalized spacial score (nSPS) is 12.1. The first-order chi connectivity index (χ1) is 15.9. The number of hydrogen-bond acceptors (Lipinski definition) is 4. The molecule has 2 aromatic carbocycles. The SMILES string of the molecule is CC.CCC(CCn1c2nc(=O)[nH]c(=O)c-2nc2cc(C(C)C)ccc21)c1ccc(C)cc1. The smallest absolute Gasteiger partial charge is 0.322 e. The molecule has 1 N–H and O–H groups in total. The van der Waals surface area contributed by atoms with Gasteiger partial charge in [0.1, 0.15) is 0 Å². The number of rotatable bonds is 6. The number of H-pyrrole nitrogens is 1. The van der Waals surface area contributed by atoms with Gasteiger partial charge in [-0.2, -0.15) is 4.98 Å². The summed E-state index contributed by atoms with van der Waals surface area (Å²) in [6.45, 7) is 13.2. The molecule has 2 aromatic rings. The van der Waals surface area contributed by atoms with Crippen LogP contribution in [0, 0.1) is 6.92 Å². The highest BCUT2D eigenvalue weighted by Gasteiger charge is 2.20. The van der Waals surface area contributed by atoms with Crippen molar-refractivity contribution in [1.29, 1.82) is 0 Å². The molecule has 0 radical (unpaired) electrons. The Morgan fingerprint density at radius 1 is 0.970 bits per heavy atom. The van der Waals surface area contributed by atoms with Crippen LogP contribution in [0.25, 0.3) is 22.6 Å². The number of nitrogens with zero attached hydrogens (tertiary/aromatic N) is 3. The van der Waals surface area contributed by atoms with E-state index in [4.69, 9.17) is 0 Å². The lowest BCUT2D eigenvalue weighted by atomic mass is 9.92. The van der Waals surface area contributed by atoms with Gasteiger partial charge in [-0.1, -0.05) is 70.5 Å². The molecule has 4 rings (SSSR count). The summed E-state index contributed by atoms with van der Waals surface area (Å²) in [5.74, 6) is 1.06. The van der Waals surface area contributed by atoms with Crippen LogP contribution in [0.1, 0.15) is 76.0 Å². The van der Waals surface area contributed by atoms with Crippen LogP contribution in [0.2, 0.25) is 0 Å². The molecule has 1 atom stereocenters. The molecular weight excluding hydrogens is 412 g/mol. The molecule has 2 heterocycles. The van der Waals surface area contributed by atoms with Crippen LogP contribution in [0.5, 0.6) is 0 Å². The molecule has 6 heteroatoms. The van der Waals surface area contributed by atoms with Crippen molar-refractivity contribution in [2.45, 2.75) is 72.8 Å². The van der Waals surface area contributed by atoms with Gasteiger partial charge in [-0.25, -0.2) is 9.78 Å². The summed E-state index contributed by atoms with van der Waals surface area (Å²) in [5, 5.41) is 0. The van der Waals surface area contributed by atoms with E-state index in [0.717, 1.165) is 29.4 Å². The number of fused-ring (bicyclic) bond motifs is 2. The minimum atomic E-state index is -0.642. The molecular formula is C27H34N4O2. The molecule has 33 heavy (non-hydrogen) atoms. The molecule has 2 aliphatic rings. The predicted octanol–water partition coefficient (Wildman–Crippen LogP) is 5.63. The molecule has 0 aromatic heterocycles. The molecule has 0 amide bonds. The number of nitrogens with one attached hydrogen (secondary N) is 1. The first kappa shape index (κ1) is 24.4. The van der Waals surface area contributed by atoms with Crippen molar-refractivity contribution in [3.8, 4) is 11.5 Å². The Bertz CT molecular complexity index is 1300. The summed E-state index contributed by atoms with van der Waals surface area (Å²) in [6.07, 6.45) is 1.87. The fourth-order valence-corrected chi connectivity index (χ4v) is 4.13. The summed E-state index contributed by atoms with van der Waals surface area (Å²) in [6, 6.07) is 14.8. The lowest BCUT2D eigenvalue weighted by Gasteiger charge is -2.21. The van der Waals surface area contributed by atoms with Gasteiger partial charge in [0.25, 0.3) is 5.56 Å². The van der Waals surface area contributed by atoms with Gasteiger partial charge in [-0.15, -0.1) is 0 Å². The lowest BCUT2D eigenvalue weighted by Crippen LogP contribution is -2.29. The Kier molecular flexibility index (Phi) is 7.79. The average Bonchev–Trinajstić information content (AvgIpc) is 2.81. The highest BCUT2D eigenvalue weighted by atomic mass is 16.2. The van der Waals surface area contributed by atoms with E-state index in [2.05, 4.69) is 73.0 Å². The quantitative estimate of drug-likeness (QED) is 0.389. The molecule has 0 spiro atoms. The van der Waals surface area contributed by atoms with E-state index in [0.29, 0.717) is 24.2 Å². The van der Waals surface area contributed by atoms with Gasteiger partial charge in [0.15, 0.2) is 11.5 Å². The fraction of sp³-hybridized carbons (Fsp3) is 0.407. The summed E-state index contributed by atoms with van der Waals surface area (Å²) in [7, 11) is 0. The van der Waals surface area contributed by atoms with Gasteiger partial charge in [-0.3, -0.25) is 9.78 Å². The Morgan fingerprint density at radius 2 is 1.64 bits per heavy atom. The van der Waals surface area contributed by atoms with Crippen LogP contribution in [-0.4, -0.2) is 19.5 Å². The van der Waals surface area contributed by atoms with Gasteiger partial charge in [-0.05, 0) is 54.9 Å². The maximum absolute atomic E-state index is 12.5. The second kappa shape index (κ2) is 10.6. The van der Waals surface area contributed by atoms with Crippen molar-refractivity contribution in [1.82, 2.24) is 19.5 Å². The first-order valence-electron chi connectivity index (χ1n) is 11.9. The maximum atomic E-state index is 12.5. The predicted molar refractivity (Wildman–Crippen MR) is 135 cm³/mol. The molecule has 0 saturated heterocycles. The largest absolute Gasteiger partial charge is 0.349 e. The summed E-state index contributed by atoms with van der Waals surface area (Å²) in [5.41, 5.74) is 4.39. The average molecular weight is 447 g/mol. The van der Waals surface area contributed by atoms with Crippen LogP contribution < -0.4 is 11.2 Å². The first-order valence-corrected chi connectivity index (χ1v) is 11.9. The molecule has 0 fully saturated rings. The van der Waals surface area contributed by atoms with E-state index in [-0.39, 0.29) is 5.69 Å². The molecule has 1 unspecified atom stereocenters. The van der Waals surface area contributed by atoms with E-state index in [1.54, 1.807) is 0 Å². The van der Waals surface area contributed by atoms with Crippen molar-refractivity contribution in [3.63, 3.8) is 0 Å². The van der Waals surface area contributed by atoms with E-state index in [9.17, 15) is 9.59 Å². The summed E-state index contributed by atoms with van der Waals surface area (Å²) >= 11 is 0. The van der Waals surface area contributed by atoms with Gasteiger partial charge >= 0.3 is 5.69 Å². The third-order valence-corrected chi connectivity index (χ3v) is 6.04. The van der Waals surface area contributed by atoms with Crippen LogP contribution in [-0.2, 0) is 6.54 Å². The van der Waals surface area contributed by atoms with Crippen molar-refractivity contribution in [2.75, 3.05) is 0 Å². The monoisotopic (exact) mass is 446 g/mol. The Balaban J connectivity index is 0.00000149. The number of hydrogen-bond donors (Lipinski definition) is 1. The number of aryl methyl sites for hydroxylation is 2. The maximum Gasteiger partial charge on any atom is 0.349 e.